The van der Waals surface area contributed by atoms with E-state index in [9.17, 15) is 4.79 Å². The normalized spacial score (nSPS) is 12.2. The van der Waals surface area contributed by atoms with Crippen molar-refractivity contribution in [2.75, 3.05) is 5.32 Å². The van der Waals surface area contributed by atoms with Crippen molar-refractivity contribution in [2.24, 2.45) is 0 Å². The quantitative estimate of drug-likeness (QED) is 0.669. The molecule has 0 spiro atoms. The molecule has 0 radical (unpaired) electrons. The van der Waals surface area contributed by atoms with Crippen molar-refractivity contribution in [1.29, 1.82) is 0 Å². The highest BCUT2D eigenvalue weighted by atomic mass is 32.2. The van der Waals surface area contributed by atoms with E-state index in [1.165, 1.54) is 11.8 Å². The third-order valence-corrected chi connectivity index (χ3v) is 4.97. The summed E-state index contributed by atoms with van der Waals surface area (Å²) >= 11 is 1.33. The monoisotopic (exact) mass is 367 g/mol. The third kappa shape index (κ3) is 4.11. The number of thioether (sulfide) groups is 1. The number of anilines is 1. The van der Waals surface area contributed by atoms with Crippen LogP contribution in [0.15, 0.2) is 59.8 Å². The molecule has 1 atom stereocenters. The Hall–Kier alpha value is -2.67. The van der Waals surface area contributed by atoms with Crippen LogP contribution in [0, 0.1) is 0 Å². The van der Waals surface area contributed by atoms with E-state index >= 15 is 0 Å². The number of hydrogen-bond acceptors (Lipinski definition) is 5. The van der Waals surface area contributed by atoms with E-state index in [1.54, 1.807) is 4.68 Å². The maximum atomic E-state index is 12.7. The van der Waals surface area contributed by atoms with Crippen molar-refractivity contribution in [3.8, 4) is 5.69 Å². The molecule has 6 nitrogen and oxygen atoms in total. The molecule has 0 aliphatic rings. The first kappa shape index (κ1) is 18.1. The number of nitrogens with one attached hydrogen (secondary N) is 1. The molecule has 0 unspecified atom stereocenters. The molecule has 0 aliphatic heterocycles. The van der Waals surface area contributed by atoms with Crippen LogP contribution in [-0.2, 0) is 4.79 Å². The molecule has 0 saturated heterocycles. The van der Waals surface area contributed by atoms with Gasteiger partial charge in [-0.25, -0.2) is 0 Å². The van der Waals surface area contributed by atoms with Crippen molar-refractivity contribution in [3.05, 3.63) is 60.2 Å². The zero-order valence-corrected chi connectivity index (χ0v) is 15.8. The molecule has 1 N–H and O–H groups in total. The summed E-state index contributed by atoms with van der Waals surface area (Å²) < 4.78 is 1.64. The lowest BCUT2D eigenvalue weighted by molar-refractivity contribution is -0.115. The Morgan fingerprint density at radius 2 is 1.73 bits per heavy atom. The predicted molar refractivity (Wildman–Crippen MR) is 104 cm³/mol. The summed E-state index contributed by atoms with van der Waals surface area (Å²) in [4.78, 5) is 12.7. The van der Waals surface area contributed by atoms with Crippen molar-refractivity contribution >= 4 is 23.4 Å². The molecule has 1 heterocycles. The van der Waals surface area contributed by atoms with E-state index in [-0.39, 0.29) is 11.2 Å². The van der Waals surface area contributed by atoms with Crippen LogP contribution in [0.1, 0.15) is 32.3 Å². The zero-order valence-electron chi connectivity index (χ0n) is 15.0. The molecular weight excluding hydrogens is 346 g/mol. The van der Waals surface area contributed by atoms with E-state index in [0.717, 1.165) is 16.9 Å². The van der Waals surface area contributed by atoms with E-state index in [2.05, 4.69) is 34.7 Å². The summed E-state index contributed by atoms with van der Waals surface area (Å²) in [5.74, 6) is 0.255. The fourth-order valence-corrected chi connectivity index (χ4v) is 3.35. The number of tetrazole rings is 1. The highest BCUT2D eigenvalue weighted by Crippen LogP contribution is 2.27. The molecule has 1 aromatic heterocycles. The number of aromatic nitrogens is 4. The van der Waals surface area contributed by atoms with Gasteiger partial charge in [0, 0.05) is 5.69 Å². The summed E-state index contributed by atoms with van der Waals surface area (Å²) in [7, 11) is 0. The molecule has 7 heteroatoms. The molecule has 134 valence electrons. The Morgan fingerprint density at radius 3 is 2.46 bits per heavy atom. The fourth-order valence-electron chi connectivity index (χ4n) is 2.54. The van der Waals surface area contributed by atoms with Gasteiger partial charge in [0.25, 0.3) is 0 Å². The van der Waals surface area contributed by atoms with Crippen LogP contribution in [-0.4, -0.2) is 31.4 Å². The number of amides is 1. The number of para-hydroxylation sites is 2. The first-order valence-electron chi connectivity index (χ1n) is 8.46. The fraction of sp³-hybridized carbons (Fsp3) is 0.263. The standard InChI is InChI=1S/C19H21N5OS/c1-13(2)16-11-7-8-12-17(16)20-18(25)14(3)26-19-21-22-23-24(19)15-9-5-4-6-10-15/h4-14H,1-3H3,(H,20,25)/t14-/m0/s1. The Kier molecular flexibility index (Phi) is 5.68. The number of carbonyl (C=O) groups excluding carboxylic acids is 1. The van der Waals surface area contributed by atoms with Gasteiger partial charge in [0.1, 0.15) is 0 Å². The zero-order chi connectivity index (χ0) is 18.5. The molecule has 2 aromatic carbocycles. The average molecular weight is 367 g/mol. The Balaban J connectivity index is 1.73. The highest BCUT2D eigenvalue weighted by molar-refractivity contribution is 8.00. The Labute approximate surface area is 157 Å². The molecule has 0 bridgehead atoms. The van der Waals surface area contributed by atoms with E-state index in [1.807, 2.05) is 61.5 Å². The first-order valence-corrected chi connectivity index (χ1v) is 9.34. The van der Waals surface area contributed by atoms with Gasteiger partial charge in [-0.05, 0) is 47.0 Å². The summed E-state index contributed by atoms with van der Waals surface area (Å²) in [6.45, 7) is 6.07. The molecule has 3 rings (SSSR count). The van der Waals surface area contributed by atoms with Crippen LogP contribution < -0.4 is 5.32 Å². The van der Waals surface area contributed by atoms with Crippen molar-refractivity contribution in [3.63, 3.8) is 0 Å². The number of hydrogen-bond donors (Lipinski definition) is 1. The van der Waals surface area contributed by atoms with Gasteiger partial charge in [-0.2, -0.15) is 4.68 Å². The number of nitrogens with zero attached hydrogens (tertiary/aromatic N) is 4. The topological polar surface area (TPSA) is 72.7 Å². The molecule has 0 fully saturated rings. The smallest absolute Gasteiger partial charge is 0.237 e. The number of carbonyl (C=O) groups is 1. The number of rotatable bonds is 6. The maximum Gasteiger partial charge on any atom is 0.237 e. The van der Waals surface area contributed by atoms with Crippen molar-refractivity contribution < 1.29 is 4.79 Å². The second-order valence-corrected chi connectivity index (χ2v) is 7.51. The minimum Gasteiger partial charge on any atom is -0.325 e. The minimum absolute atomic E-state index is 0.0780. The van der Waals surface area contributed by atoms with Crippen LogP contribution in [0.3, 0.4) is 0 Å². The average Bonchev–Trinajstić information content (AvgIpc) is 3.10. The van der Waals surface area contributed by atoms with Gasteiger partial charge >= 0.3 is 0 Å². The SMILES string of the molecule is CC(C)c1ccccc1NC(=O)[C@H](C)Sc1nnnn1-c1ccccc1. The predicted octanol–water partition coefficient (Wildman–Crippen LogP) is 3.91. The molecule has 0 aliphatic carbocycles. The second kappa shape index (κ2) is 8.14. The highest BCUT2D eigenvalue weighted by Gasteiger charge is 2.20. The Bertz CT molecular complexity index is 878. The van der Waals surface area contributed by atoms with Gasteiger partial charge in [-0.3, -0.25) is 4.79 Å². The van der Waals surface area contributed by atoms with Crippen LogP contribution in [0.4, 0.5) is 5.69 Å². The van der Waals surface area contributed by atoms with Gasteiger partial charge in [0.15, 0.2) is 0 Å². The second-order valence-electron chi connectivity index (χ2n) is 6.20. The van der Waals surface area contributed by atoms with Gasteiger partial charge in [-0.15, -0.1) is 5.10 Å². The van der Waals surface area contributed by atoms with E-state index in [0.29, 0.717) is 11.1 Å². The van der Waals surface area contributed by atoms with Gasteiger partial charge in [0.05, 0.1) is 10.9 Å². The Morgan fingerprint density at radius 1 is 1.04 bits per heavy atom. The van der Waals surface area contributed by atoms with Crippen molar-refractivity contribution in [2.45, 2.75) is 37.1 Å². The molecule has 0 saturated carbocycles. The molecular formula is C19H21N5OS. The minimum atomic E-state index is -0.344. The largest absolute Gasteiger partial charge is 0.325 e. The van der Waals surface area contributed by atoms with E-state index < -0.39 is 0 Å². The van der Waals surface area contributed by atoms with E-state index in [4.69, 9.17) is 0 Å². The van der Waals surface area contributed by atoms with Crippen molar-refractivity contribution in [1.82, 2.24) is 20.2 Å². The first-order chi connectivity index (χ1) is 12.6. The van der Waals surface area contributed by atoms with Crippen LogP contribution in [0.5, 0.6) is 0 Å². The molecule has 26 heavy (non-hydrogen) atoms. The van der Waals surface area contributed by atoms with Gasteiger partial charge in [-0.1, -0.05) is 62.0 Å². The van der Waals surface area contributed by atoms with Gasteiger partial charge in [0.2, 0.25) is 11.1 Å². The maximum absolute atomic E-state index is 12.7. The molecule has 1 amide bonds. The lowest BCUT2D eigenvalue weighted by atomic mass is 10.0. The lowest BCUT2D eigenvalue weighted by Gasteiger charge is -2.16. The van der Waals surface area contributed by atoms with Crippen LogP contribution in [0.2, 0.25) is 0 Å². The van der Waals surface area contributed by atoms with Crippen LogP contribution in [0.25, 0.3) is 5.69 Å². The lowest BCUT2D eigenvalue weighted by Crippen LogP contribution is -2.23. The third-order valence-electron chi connectivity index (χ3n) is 3.93. The van der Waals surface area contributed by atoms with Crippen LogP contribution >= 0.6 is 11.8 Å². The summed E-state index contributed by atoms with van der Waals surface area (Å²) in [6, 6.07) is 17.5. The van der Waals surface area contributed by atoms with Gasteiger partial charge < -0.3 is 5.32 Å². The summed E-state index contributed by atoms with van der Waals surface area (Å²) in [5.41, 5.74) is 2.83. The summed E-state index contributed by atoms with van der Waals surface area (Å²) in [5, 5.41) is 15.1. The summed E-state index contributed by atoms with van der Waals surface area (Å²) in [6.07, 6.45) is 0. The molecule has 3 aromatic rings. The number of benzene rings is 2.